The van der Waals surface area contributed by atoms with E-state index in [9.17, 15) is 0 Å². The lowest BCUT2D eigenvalue weighted by atomic mass is 9.93. The van der Waals surface area contributed by atoms with Crippen LogP contribution in [0.5, 0.6) is 0 Å². The molecule has 0 atom stereocenters. The van der Waals surface area contributed by atoms with Crippen LogP contribution in [-0.2, 0) is 12.8 Å². The van der Waals surface area contributed by atoms with Crippen molar-refractivity contribution in [2.24, 2.45) is 0 Å². The maximum atomic E-state index is 2.40. The molecule has 0 bridgehead atoms. The summed E-state index contributed by atoms with van der Waals surface area (Å²) in [7, 11) is 0. The lowest BCUT2D eigenvalue weighted by molar-refractivity contribution is 0.829. The molecule has 0 unspecified atom stereocenters. The van der Waals surface area contributed by atoms with Gasteiger partial charge in [0.25, 0.3) is 0 Å². The van der Waals surface area contributed by atoms with Crippen LogP contribution in [0, 0.1) is 0 Å². The first-order valence-corrected chi connectivity index (χ1v) is 16.2. The van der Waals surface area contributed by atoms with Gasteiger partial charge in [-0.15, -0.1) is 0 Å². The monoisotopic (exact) mass is 589 g/mol. The number of anilines is 3. The maximum absolute atomic E-state index is 2.40. The van der Waals surface area contributed by atoms with Crippen molar-refractivity contribution < 1.29 is 0 Å². The van der Waals surface area contributed by atoms with Gasteiger partial charge in [-0.2, -0.15) is 0 Å². The van der Waals surface area contributed by atoms with Crippen LogP contribution in [0.1, 0.15) is 17.5 Å². The third-order valence-electron chi connectivity index (χ3n) is 9.19. The molecule has 0 amide bonds. The van der Waals surface area contributed by atoms with E-state index in [0.717, 1.165) is 30.6 Å². The fraction of sp³-hybridized carbons (Fsp3) is 0.0667. The summed E-state index contributed by atoms with van der Waals surface area (Å²) in [5.41, 5.74) is 8.74. The second-order valence-electron chi connectivity index (χ2n) is 12.1. The van der Waals surface area contributed by atoms with E-state index in [4.69, 9.17) is 0 Å². The van der Waals surface area contributed by atoms with E-state index in [1.165, 1.54) is 60.3 Å². The van der Waals surface area contributed by atoms with E-state index < -0.39 is 0 Å². The first-order chi connectivity index (χ1) is 22.8. The second-order valence-corrected chi connectivity index (χ2v) is 12.1. The normalized spacial score (nSPS) is 11.3. The second kappa shape index (κ2) is 12.4. The molecule has 0 saturated carbocycles. The van der Waals surface area contributed by atoms with Gasteiger partial charge in [0.2, 0.25) is 0 Å². The quantitative estimate of drug-likeness (QED) is 0.159. The van der Waals surface area contributed by atoms with Gasteiger partial charge in [0.15, 0.2) is 0 Å². The molecule has 8 aromatic rings. The third-order valence-corrected chi connectivity index (χ3v) is 9.19. The van der Waals surface area contributed by atoms with Crippen molar-refractivity contribution in [3.8, 4) is 11.1 Å². The SMILES string of the molecule is c1ccc(-c2cccc(N(c3ccc(CCCc4c5ccccc5cc5ccccc45)cc3)c3cccc4ccccc34)c2)cc1. The zero-order valence-electron chi connectivity index (χ0n) is 25.8. The van der Waals surface area contributed by atoms with Crippen molar-refractivity contribution in [1.29, 1.82) is 0 Å². The molecule has 0 spiro atoms. The van der Waals surface area contributed by atoms with E-state index >= 15 is 0 Å². The minimum Gasteiger partial charge on any atom is -0.310 e. The molecule has 8 rings (SSSR count). The molecule has 8 aromatic carbocycles. The molecule has 0 aliphatic rings. The van der Waals surface area contributed by atoms with Gasteiger partial charge < -0.3 is 4.90 Å². The Bertz CT molecular complexity index is 2220. The maximum Gasteiger partial charge on any atom is 0.0540 e. The van der Waals surface area contributed by atoms with Gasteiger partial charge in [-0.1, -0.05) is 140 Å². The van der Waals surface area contributed by atoms with Crippen molar-refractivity contribution in [2.45, 2.75) is 19.3 Å². The number of benzene rings is 8. The zero-order chi connectivity index (χ0) is 30.7. The molecule has 46 heavy (non-hydrogen) atoms. The van der Waals surface area contributed by atoms with E-state index in [1.807, 2.05) is 0 Å². The smallest absolute Gasteiger partial charge is 0.0540 e. The highest BCUT2D eigenvalue weighted by Gasteiger charge is 2.16. The third kappa shape index (κ3) is 5.42. The fourth-order valence-electron chi connectivity index (χ4n) is 6.94. The van der Waals surface area contributed by atoms with Gasteiger partial charge in [-0.25, -0.2) is 0 Å². The van der Waals surface area contributed by atoms with E-state index in [1.54, 1.807) is 0 Å². The Labute approximate surface area is 271 Å². The van der Waals surface area contributed by atoms with Gasteiger partial charge in [0.05, 0.1) is 5.69 Å². The highest BCUT2D eigenvalue weighted by molar-refractivity contribution is 6.02. The predicted molar refractivity (Wildman–Crippen MR) is 198 cm³/mol. The molecule has 0 radical (unpaired) electrons. The van der Waals surface area contributed by atoms with Crippen molar-refractivity contribution in [2.75, 3.05) is 4.90 Å². The largest absolute Gasteiger partial charge is 0.310 e. The van der Waals surface area contributed by atoms with Crippen molar-refractivity contribution in [1.82, 2.24) is 0 Å². The number of nitrogens with zero attached hydrogens (tertiary/aromatic N) is 1. The van der Waals surface area contributed by atoms with E-state index in [0.29, 0.717) is 0 Å². The molecule has 0 heterocycles. The minimum absolute atomic E-state index is 1.04. The molecule has 0 aliphatic carbocycles. The van der Waals surface area contributed by atoms with Gasteiger partial charge in [0, 0.05) is 16.8 Å². The number of aryl methyl sites for hydroxylation is 2. The van der Waals surface area contributed by atoms with Crippen LogP contribution in [0.15, 0.2) is 176 Å². The summed E-state index contributed by atoms with van der Waals surface area (Å²) in [6, 6.07) is 64.0. The fourth-order valence-corrected chi connectivity index (χ4v) is 6.94. The van der Waals surface area contributed by atoms with Crippen LogP contribution in [-0.4, -0.2) is 0 Å². The molecular formula is C45H35N. The Hall–Kier alpha value is -5.66. The van der Waals surface area contributed by atoms with Crippen molar-refractivity contribution >= 4 is 49.4 Å². The molecule has 1 heteroatoms. The number of rotatable bonds is 8. The predicted octanol–water partition coefficient (Wildman–Crippen LogP) is 12.5. The average molecular weight is 590 g/mol. The first-order valence-electron chi connectivity index (χ1n) is 16.2. The Morgan fingerprint density at radius 1 is 0.370 bits per heavy atom. The Morgan fingerprint density at radius 3 is 1.70 bits per heavy atom. The molecule has 0 N–H and O–H groups in total. The van der Waals surface area contributed by atoms with Crippen LogP contribution in [0.3, 0.4) is 0 Å². The topological polar surface area (TPSA) is 3.24 Å². The van der Waals surface area contributed by atoms with E-state index in [-0.39, 0.29) is 0 Å². The lowest BCUT2D eigenvalue weighted by Gasteiger charge is -2.27. The summed E-state index contributed by atoms with van der Waals surface area (Å²) >= 11 is 0. The van der Waals surface area contributed by atoms with Crippen molar-refractivity contribution in [3.05, 3.63) is 187 Å². The van der Waals surface area contributed by atoms with Gasteiger partial charge in [0.1, 0.15) is 0 Å². The van der Waals surface area contributed by atoms with E-state index in [2.05, 4.69) is 181 Å². The van der Waals surface area contributed by atoms with Crippen LogP contribution in [0.25, 0.3) is 43.4 Å². The summed E-state index contributed by atoms with van der Waals surface area (Å²) in [4.78, 5) is 2.40. The van der Waals surface area contributed by atoms with Gasteiger partial charge >= 0.3 is 0 Å². The van der Waals surface area contributed by atoms with Gasteiger partial charge in [-0.3, -0.25) is 0 Å². The molecule has 0 aliphatic heterocycles. The molecule has 0 saturated heterocycles. The number of hydrogen-bond donors (Lipinski definition) is 0. The zero-order valence-corrected chi connectivity index (χ0v) is 25.8. The highest BCUT2D eigenvalue weighted by atomic mass is 15.1. The van der Waals surface area contributed by atoms with Crippen molar-refractivity contribution in [3.63, 3.8) is 0 Å². The van der Waals surface area contributed by atoms with Crippen LogP contribution in [0.4, 0.5) is 17.1 Å². The Balaban J connectivity index is 1.12. The van der Waals surface area contributed by atoms with Crippen LogP contribution in [0.2, 0.25) is 0 Å². The average Bonchev–Trinajstić information content (AvgIpc) is 3.13. The lowest BCUT2D eigenvalue weighted by Crippen LogP contribution is -2.10. The summed E-state index contributed by atoms with van der Waals surface area (Å²) in [5.74, 6) is 0. The summed E-state index contributed by atoms with van der Waals surface area (Å²) in [5, 5.41) is 7.87. The Kier molecular flexibility index (Phi) is 7.50. The summed E-state index contributed by atoms with van der Waals surface area (Å²) < 4.78 is 0. The van der Waals surface area contributed by atoms with Gasteiger partial charge in [-0.05, 0) is 105 Å². The minimum atomic E-state index is 1.04. The summed E-state index contributed by atoms with van der Waals surface area (Å²) in [6.07, 6.45) is 3.19. The highest BCUT2D eigenvalue weighted by Crippen LogP contribution is 2.40. The van der Waals surface area contributed by atoms with Crippen LogP contribution >= 0.6 is 0 Å². The molecular weight excluding hydrogens is 555 g/mol. The summed E-state index contributed by atoms with van der Waals surface area (Å²) in [6.45, 7) is 0. The Morgan fingerprint density at radius 2 is 0.957 bits per heavy atom. The standard InChI is InChI=1S/C45H35N/c1-2-14-34(15-3-1)36-20-11-21-40(32-36)46(45-26-12-19-35-16-4-9-24-43(35)45)39-29-27-33(28-30-39)13-10-25-44-41-22-7-5-17-37(41)31-38-18-6-8-23-42(38)44/h1-9,11-12,14-24,26-32H,10,13,25H2. The first kappa shape index (κ1) is 27.9. The molecule has 0 aromatic heterocycles. The number of hydrogen-bond acceptors (Lipinski definition) is 1. The number of fused-ring (bicyclic) bond motifs is 3. The van der Waals surface area contributed by atoms with Crippen LogP contribution < -0.4 is 4.90 Å². The molecule has 220 valence electrons. The molecule has 1 nitrogen and oxygen atoms in total. The molecule has 0 fully saturated rings.